The highest BCUT2D eigenvalue weighted by Gasteiger charge is 2.26. The summed E-state index contributed by atoms with van der Waals surface area (Å²) in [7, 11) is -3.84. The molecule has 0 fully saturated rings. The number of nitrogens with one attached hydrogen (secondary N) is 1. The predicted molar refractivity (Wildman–Crippen MR) is 169 cm³/mol. The molecule has 1 N–H and O–H groups in total. The molecule has 1 amide bonds. The van der Waals surface area contributed by atoms with E-state index in [0.29, 0.717) is 23.4 Å². The summed E-state index contributed by atoms with van der Waals surface area (Å²) in [6.45, 7) is 0. The Morgan fingerprint density at radius 2 is 1.47 bits per heavy atom. The number of hydrogen-bond acceptors (Lipinski definition) is 5. The third kappa shape index (κ3) is 6.84. The topological polar surface area (TPSA) is 89.3 Å². The molecule has 0 bridgehead atoms. The molecule has 0 saturated carbocycles. The fraction of sp³-hybridized carbons (Fsp3) is 0.167. The number of benzene rings is 4. The highest BCUT2D eigenvalue weighted by molar-refractivity contribution is 7.89. The lowest BCUT2D eigenvalue weighted by atomic mass is 9.83. The van der Waals surface area contributed by atoms with Gasteiger partial charge >= 0.3 is 0 Å². The number of aromatic nitrogens is 1. The van der Waals surface area contributed by atoms with Gasteiger partial charge in [-0.25, -0.2) is 18.1 Å². The minimum absolute atomic E-state index is 0.139. The van der Waals surface area contributed by atoms with Crippen molar-refractivity contribution in [3.05, 3.63) is 144 Å². The summed E-state index contributed by atoms with van der Waals surface area (Å²) in [6, 6.07) is 36.1. The number of oxazole rings is 1. The van der Waals surface area contributed by atoms with Gasteiger partial charge in [0.2, 0.25) is 15.9 Å². The van der Waals surface area contributed by atoms with Crippen molar-refractivity contribution in [1.29, 1.82) is 0 Å². The third-order valence-electron chi connectivity index (χ3n) is 7.64. The van der Waals surface area contributed by atoms with Crippen molar-refractivity contribution in [3.8, 4) is 22.6 Å². The van der Waals surface area contributed by atoms with Crippen molar-refractivity contribution in [2.45, 2.75) is 31.4 Å². The fourth-order valence-corrected chi connectivity index (χ4v) is 6.70. The van der Waals surface area contributed by atoms with Crippen molar-refractivity contribution in [2.24, 2.45) is 5.92 Å². The van der Waals surface area contributed by atoms with Gasteiger partial charge in [-0.1, -0.05) is 109 Å². The Bertz CT molecular complexity index is 1790. The van der Waals surface area contributed by atoms with Gasteiger partial charge in [0.05, 0.1) is 5.75 Å². The molecule has 5 aromatic rings. The van der Waals surface area contributed by atoms with Crippen LogP contribution >= 0.6 is 0 Å². The molecule has 6 nitrogen and oxygen atoms in total. The van der Waals surface area contributed by atoms with E-state index in [0.717, 1.165) is 53.0 Å². The molecule has 7 heteroatoms. The van der Waals surface area contributed by atoms with Crippen LogP contribution in [0.15, 0.2) is 126 Å². The molecule has 1 unspecified atom stereocenters. The van der Waals surface area contributed by atoms with Crippen LogP contribution in [-0.4, -0.2) is 19.3 Å². The number of carbonyl (C=O) groups excluding carboxylic acids is 1. The van der Waals surface area contributed by atoms with Crippen molar-refractivity contribution in [2.75, 3.05) is 0 Å². The van der Waals surface area contributed by atoms with E-state index in [4.69, 9.17) is 9.40 Å². The van der Waals surface area contributed by atoms with Gasteiger partial charge < -0.3 is 4.42 Å². The lowest BCUT2D eigenvalue weighted by Gasteiger charge is -2.22. The van der Waals surface area contributed by atoms with Crippen LogP contribution in [0.4, 0.5) is 0 Å². The van der Waals surface area contributed by atoms with Crippen LogP contribution in [0.25, 0.3) is 28.2 Å². The average Bonchev–Trinajstić information content (AvgIpc) is 3.48. The molecule has 0 spiro atoms. The molecule has 1 aliphatic carbocycles. The van der Waals surface area contributed by atoms with Gasteiger partial charge in [0, 0.05) is 22.3 Å². The smallest absolute Gasteiger partial charge is 0.264 e. The molecule has 1 aromatic heterocycles. The molecular formula is C36H32N2O4S. The molecule has 216 valence electrons. The second-order valence-corrected chi connectivity index (χ2v) is 12.5. The number of amides is 1. The second kappa shape index (κ2) is 12.6. The van der Waals surface area contributed by atoms with E-state index in [1.54, 1.807) is 42.5 Å². The van der Waals surface area contributed by atoms with Crippen LogP contribution in [0, 0.1) is 5.92 Å². The molecule has 1 aliphatic rings. The molecule has 1 atom stereocenters. The summed E-state index contributed by atoms with van der Waals surface area (Å²) >= 11 is 0. The number of allylic oxidation sites excluding steroid dienone is 2. The van der Waals surface area contributed by atoms with Crippen molar-refractivity contribution in [1.82, 2.24) is 9.71 Å². The van der Waals surface area contributed by atoms with E-state index in [9.17, 15) is 13.2 Å². The second-order valence-electron chi connectivity index (χ2n) is 10.8. The monoisotopic (exact) mass is 588 g/mol. The first-order chi connectivity index (χ1) is 20.9. The maximum Gasteiger partial charge on any atom is 0.264 e. The van der Waals surface area contributed by atoms with E-state index in [1.807, 2.05) is 72.8 Å². The number of carbonyl (C=O) groups is 1. The quantitative estimate of drug-likeness (QED) is 0.191. The van der Waals surface area contributed by atoms with Crippen LogP contribution in [0.3, 0.4) is 0 Å². The molecule has 1 heterocycles. The molecule has 0 saturated heterocycles. The first kappa shape index (κ1) is 28.4. The number of hydrogen-bond donors (Lipinski definition) is 1. The Kier molecular flexibility index (Phi) is 8.34. The van der Waals surface area contributed by atoms with E-state index >= 15 is 0 Å². The fourth-order valence-electron chi connectivity index (χ4n) is 5.59. The van der Waals surface area contributed by atoms with Gasteiger partial charge in [0.25, 0.3) is 5.91 Å². The Hall–Kier alpha value is -4.75. The Morgan fingerprint density at radius 3 is 2.19 bits per heavy atom. The summed E-state index contributed by atoms with van der Waals surface area (Å²) in [5.41, 5.74) is 5.70. The zero-order valence-electron chi connectivity index (χ0n) is 23.6. The molecule has 4 aromatic carbocycles. The summed E-state index contributed by atoms with van der Waals surface area (Å²) in [5, 5.41) is 0. The number of rotatable bonds is 9. The summed E-state index contributed by atoms with van der Waals surface area (Å²) in [5.74, 6) is 0.595. The molecule has 43 heavy (non-hydrogen) atoms. The van der Waals surface area contributed by atoms with Crippen LogP contribution in [0.1, 0.15) is 46.6 Å². The maximum atomic E-state index is 13.0. The molecule has 6 rings (SSSR count). The number of nitrogens with zero attached hydrogens (tertiary/aromatic N) is 1. The zero-order chi connectivity index (χ0) is 29.6. The van der Waals surface area contributed by atoms with Gasteiger partial charge in [0.15, 0.2) is 5.76 Å². The minimum atomic E-state index is -3.84. The lowest BCUT2D eigenvalue weighted by Crippen LogP contribution is -2.31. The van der Waals surface area contributed by atoms with Crippen LogP contribution in [0.2, 0.25) is 0 Å². The van der Waals surface area contributed by atoms with Crippen molar-refractivity contribution >= 4 is 21.5 Å². The van der Waals surface area contributed by atoms with Crippen LogP contribution < -0.4 is 4.72 Å². The third-order valence-corrected chi connectivity index (χ3v) is 8.85. The minimum Gasteiger partial charge on any atom is -0.436 e. The van der Waals surface area contributed by atoms with E-state index in [-0.39, 0.29) is 11.7 Å². The zero-order valence-corrected chi connectivity index (χ0v) is 24.5. The Labute approximate surface area is 252 Å². The number of sulfonamides is 1. The standard InChI is InChI=1S/C36H32N2O4S/c39-35(38-43(40,41)25-26-13-4-1-5-14-26)31-21-12-15-27(24-31)23-30-20-10-11-22-32(30)36-37-33(28-16-6-2-7-17-28)34(42-36)29-18-8-3-9-19-29/h1-9,12-19,21-22,24,30H,10-11,20,23,25H2,(H,38,39). The van der Waals surface area contributed by atoms with Crippen molar-refractivity contribution < 1.29 is 17.6 Å². The van der Waals surface area contributed by atoms with E-state index in [2.05, 4.69) is 10.8 Å². The highest BCUT2D eigenvalue weighted by atomic mass is 32.2. The Balaban J connectivity index is 1.24. The largest absolute Gasteiger partial charge is 0.436 e. The van der Waals surface area contributed by atoms with E-state index < -0.39 is 15.9 Å². The van der Waals surface area contributed by atoms with Crippen molar-refractivity contribution in [3.63, 3.8) is 0 Å². The molecular weight excluding hydrogens is 556 g/mol. The predicted octanol–water partition coefficient (Wildman–Crippen LogP) is 7.69. The highest BCUT2D eigenvalue weighted by Crippen LogP contribution is 2.40. The van der Waals surface area contributed by atoms with Gasteiger partial charge in [0.1, 0.15) is 5.69 Å². The van der Waals surface area contributed by atoms with Gasteiger partial charge in [-0.05, 0) is 54.9 Å². The van der Waals surface area contributed by atoms with Gasteiger partial charge in [-0.3, -0.25) is 4.79 Å². The lowest BCUT2D eigenvalue weighted by molar-refractivity contribution is 0.0981. The van der Waals surface area contributed by atoms with Crippen LogP contribution in [0.5, 0.6) is 0 Å². The summed E-state index contributed by atoms with van der Waals surface area (Å²) in [4.78, 5) is 18.0. The normalized spacial score (nSPS) is 15.1. The average molecular weight is 589 g/mol. The first-order valence-electron chi connectivity index (χ1n) is 14.4. The van der Waals surface area contributed by atoms with Crippen LogP contribution in [-0.2, 0) is 22.2 Å². The summed E-state index contributed by atoms with van der Waals surface area (Å²) < 4.78 is 34.1. The van der Waals surface area contributed by atoms with Gasteiger partial charge in [-0.2, -0.15) is 0 Å². The Morgan fingerprint density at radius 1 is 0.814 bits per heavy atom. The maximum absolute atomic E-state index is 13.0. The van der Waals surface area contributed by atoms with Gasteiger partial charge in [-0.15, -0.1) is 0 Å². The first-order valence-corrected chi connectivity index (χ1v) is 16.1. The van der Waals surface area contributed by atoms with E-state index in [1.165, 1.54) is 0 Å². The SMILES string of the molecule is O=C(NS(=O)(=O)Cc1ccccc1)c1cccc(CC2CCCC=C2c2nc(-c3ccccc3)c(-c3ccccc3)o2)c1. The molecule has 0 aliphatic heterocycles. The molecule has 0 radical (unpaired) electrons. The summed E-state index contributed by atoms with van der Waals surface area (Å²) in [6.07, 6.45) is 5.84.